The average molecular weight is 383 g/mol. The second-order valence-corrected chi connectivity index (χ2v) is 6.57. The molecular weight excluding hydrogens is 368 g/mol. The van der Waals surface area contributed by atoms with Crippen LogP contribution in [-0.4, -0.2) is 15.8 Å². The first-order valence-electron chi connectivity index (χ1n) is 8.28. The summed E-state index contributed by atoms with van der Waals surface area (Å²) in [6.45, 7) is 0. The van der Waals surface area contributed by atoms with Gasteiger partial charge in [0, 0.05) is 6.08 Å². The van der Waals surface area contributed by atoms with Crippen LogP contribution in [0.3, 0.4) is 0 Å². The van der Waals surface area contributed by atoms with Gasteiger partial charge in [-0.2, -0.15) is 5.26 Å². The molecule has 1 N–H and O–H groups in total. The van der Waals surface area contributed by atoms with E-state index in [1.165, 1.54) is 18.2 Å². The maximum absolute atomic E-state index is 12.6. The monoisotopic (exact) mass is 382 g/mol. The van der Waals surface area contributed by atoms with Gasteiger partial charge < -0.3 is 15.4 Å². The molecule has 1 amide bonds. The Morgan fingerprint density at radius 2 is 2.04 bits per heavy atom. The molecule has 7 nitrogen and oxygen atoms in total. The number of halogens is 1. The fourth-order valence-corrected chi connectivity index (χ4v) is 2.91. The minimum Gasteiger partial charge on any atom is -0.358 e. The molecule has 2 aromatic rings. The van der Waals surface area contributed by atoms with Gasteiger partial charge >= 0.3 is 5.82 Å². The molecule has 1 fully saturated rings. The molecule has 0 aliphatic heterocycles. The zero-order valence-electron chi connectivity index (χ0n) is 14.1. The Morgan fingerprint density at radius 1 is 1.33 bits per heavy atom. The minimum atomic E-state index is -0.718. The highest BCUT2D eigenvalue weighted by atomic mass is 35.5. The summed E-state index contributed by atoms with van der Waals surface area (Å²) < 4.78 is 0. The van der Waals surface area contributed by atoms with E-state index in [0.29, 0.717) is 5.92 Å². The van der Waals surface area contributed by atoms with Gasteiger partial charge in [-0.1, -0.05) is 41.9 Å². The standard InChI is InChI=1S/C19H15ClN4O3/c20-16-9-8-15(22-18(16)24(26)27)10-14(11-21)19(25)23-17(13-6-7-13)12-4-2-1-3-5-12/h1-5,8-10,13,17H,6-7H2,(H,23,25)/b14-10+. The van der Waals surface area contributed by atoms with Crippen molar-refractivity contribution < 1.29 is 9.72 Å². The summed E-state index contributed by atoms with van der Waals surface area (Å²) in [5.74, 6) is -0.730. The molecule has 27 heavy (non-hydrogen) atoms. The molecule has 1 aromatic carbocycles. The van der Waals surface area contributed by atoms with Crippen LogP contribution < -0.4 is 5.32 Å². The van der Waals surface area contributed by atoms with E-state index in [1.54, 1.807) is 0 Å². The van der Waals surface area contributed by atoms with Crippen LogP contribution in [0.25, 0.3) is 6.08 Å². The molecule has 1 aromatic heterocycles. The lowest BCUT2D eigenvalue weighted by Crippen LogP contribution is -2.30. The second-order valence-electron chi connectivity index (χ2n) is 6.17. The van der Waals surface area contributed by atoms with E-state index in [1.807, 2.05) is 36.4 Å². The molecular formula is C19H15ClN4O3. The number of benzene rings is 1. The van der Waals surface area contributed by atoms with Gasteiger partial charge in [0.25, 0.3) is 5.91 Å². The Hall–Kier alpha value is -3.24. The van der Waals surface area contributed by atoms with Crippen molar-refractivity contribution >= 4 is 29.4 Å². The summed E-state index contributed by atoms with van der Waals surface area (Å²) in [7, 11) is 0. The van der Waals surface area contributed by atoms with Gasteiger partial charge in [-0.15, -0.1) is 0 Å². The number of nitrogens with zero attached hydrogens (tertiary/aromatic N) is 3. The Labute approximate surface area is 160 Å². The van der Waals surface area contributed by atoms with Crippen molar-refractivity contribution in [2.24, 2.45) is 5.92 Å². The first-order chi connectivity index (χ1) is 13.0. The Kier molecular flexibility index (Phi) is 5.48. The number of nitrogens with one attached hydrogen (secondary N) is 1. The van der Waals surface area contributed by atoms with Crippen molar-refractivity contribution in [3.8, 4) is 6.07 Å². The Balaban J connectivity index is 1.84. The maximum atomic E-state index is 12.6. The smallest absolute Gasteiger partial charge is 0.358 e. The third-order valence-electron chi connectivity index (χ3n) is 4.22. The van der Waals surface area contributed by atoms with E-state index in [2.05, 4.69) is 10.3 Å². The average Bonchev–Trinajstić information content (AvgIpc) is 3.50. The van der Waals surface area contributed by atoms with E-state index >= 15 is 0 Å². The van der Waals surface area contributed by atoms with Crippen LogP contribution in [0.1, 0.15) is 30.1 Å². The second kappa shape index (κ2) is 7.98. The Morgan fingerprint density at radius 3 is 2.63 bits per heavy atom. The highest BCUT2D eigenvalue weighted by Crippen LogP contribution is 2.41. The number of carbonyl (C=O) groups is 1. The van der Waals surface area contributed by atoms with Crippen molar-refractivity contribution in [1.29, 1.82) is 5.26 Å². The van der Waals surface area contributed by atoms with Crippen molar-refractivity contribution in [2.45, 2.75) is 18.9 Å². The molecule has 0 saturated heterocycles. The summed E-state index contributed by atoms with van der Waals surface area (Å²) in [6.07, 6.45) is 3.24. The highest BCUT2D eigenvalue weighted by molar-refractivity contribution is 6.32. The quantitative estimate of drug-likeness (QED) is 0.353. The number of nitriles is 1. The van der Waals surface area contributed by atoms with E-state index < -0.39 is 16.6 Å². The first-order valence-corrected chi connectivity index (χ1v) is 8.66. The zero-order valence-corrected chi connectivity index (χ0v) is 14.9. The maximum Gasteiger partial charge on any atom is 0.382 e. The zero-order chi connectivity index (χ0) is 19.4. The SMILES string of the molecule is N#C/C(=C\c1ccc(Cl)c([N+](=O)[O-])n1)C(=O)NC(c1ccccc1)C1CC1. The van der Waals surface area contributed by atoms with E-state index in [0.717, 1.165) is 18.4 Å². The Bertz CT molecular complexity index is 949. The fourth-order valence-electron chi connectivity index (χ4n) is 2.73. The number of amides is 1. The largest absolute Gasteiger partial charge is 0.382 e. The minimum absolute atomic E-state index is 0.112. The van der Waals surface area contributed by atoms with Crippen LogP contribution in [0.4, 0.5) is 5.82 Å². The summed E-state index contributed by atoms with van der Waals surface area (Å²) in [6, 6.07) is 13.9. The number of rotatable bonds is 6. The molecule has 0 spiro atoms. The van der Waals surface area contributed by atoms with Crippen LogP contribution in [0.2, 0.25) is 5.02 Å². The van der Waals surface area contributed by atoms with Gasteiger partial charge in [-0.05, 0) is 46.4 Å². The summed E-state index contributed by atoms with van der Waals surface area (Å²) in [5.41, 5.74) is 0.909. The fraction of sp³-hybridized carbons (Fsp3) is 0.211. The summed E-state index contributed by atoms with van der Waals surface area (Å²) in [5, 5.41) is 23.1. The molecule has 1 heterocycles. The van der Waals surface area contributed by atoms with Gasteiger partial charge in [0.1, 0.15) is 16.7 Å². The molecule has 1 aliphatic rings. The van der Waals surface area contributed by atoms with Crippen LogP contribution in [-0.2, 0) is 4.79 Å². The third kappa shape index (κ3) is 4.49. The lowest BCUT2D eigenvalue weighted by Gasteiger charge is -2.18. The van der Waals surface area contributed by atoms with Crippen LogP contribution >= 0.6 is 11.6 Å². The van der Waals surface area contributed by atoms with Gasteiger partial charge in [0.05, 0.1) is 6.04 Å². The molecule has 1 aliphatic carbocycles. The summed E-state index contributed by atoms with van der Waals surface area (Å²) >= 11 is 5.73. The predicted molar refractivity (Wildman–Crippen MR) is 99.5 cm³/mol. The molecule has 136 valence electrons. The summed E-state index contributed by atoms with van der Waals surface area (Å²) in [4.78, 5) is 26.6. The molecule has 1 saturated carbocycles. The molecule has 3 rings (SSSR count). The van der Waals surface area contributed by atoms with Gasteiger partial charge in [-0.3, -0.25) is 4.79 Å². The highest BCUT2D eigenvalue weighted by Gasteiger charge is 2.34. The van der Waals surface area contributed by atoms with E-state index in [9.17, 15) is 20.2 Å². The lowest BCUT2D eigenvalue weighted by molar-refractivity contribution is -0.389. The van der Waals surface area contributed by atoms with E-state index in [4.69, 9.17) is 11.6 Å². The lowest BCUT2D eigenvalue weighted by atomic mass is 10.0. The first kappa shape index (κ1) is 18.5. The molecule has 1 atom stereocenters. The van der Waals surface area contributed by atoms with Gasteiger partial charge in [-0.25, -0.2) is 0 Å². The third-order valence-corrected chi connectivity index (χ3v) is 4.51. The van der Waals surface area contributed by atoms with Crippen molar-refractivity contribution in [1.82, 2.24) is 10.3 Å². The molecule has 0 bridgehead atoms. The molecule has 1 unspecified atom stereocenters. The molecule has 8 heteroatoms. The van der Waals surface area contributed by atoms with Crippen LogP contribution in [0, 0.1) is 27.4 Å². The number of carbonyl (C=O) groups excluding carboxylic acids is 1. The normalized spacial score (nSPS) is 14.9. The molecule has 0 radical (unpaired) electrons. The van der Waals surface area contributed by atoms with Gasteiger partial charge in [0.2, 0.25) is 0 Å². The predicted octanol–water partition coefficient (Wildman–Crippen LogP) is 3.82. The van der Waals surface area contributed by atoms with Crippen LogP contribution in [0.5, 0.6) is 0 Å². The van der Waals surface area contributed by atoms with Gasteiger partial charge in [0.15, 0.2) is 5.69 Å². The van der Waals surface area contributed by atoms with Crippen LogP contribution in [0.15, 0.2) is 48.0 Å². The van der Waals surface area contributed by atoms with E-state index in [-0.39, 0.29) is 22.3 Å². The number of hydrogen-bond donors (Lipinski definition) is 1. The van der Waals surface area contributed by atoms with Crippen molar-refractivity contribution in [3.05, 3.63) is 74.4 Å². The van der Waals surface area contributed by atoms with Crippen molar-refractivity contribution in [3.63, 3.8) is 0 Å². The number of pyridine rings is 1. The number of hydrogen-bond acceptors (Lipinski definition) is 5. The van der Waals surface area contributed by atoms with Crippen molar-refractivity contribution in [2.75, 3.05) is 0 Å². The number of aromatic nitrogens is 1. The number of nitro groups is 1. The topological polar surface area (TPSA) is 109 Å².